The summed E-state index contributed by atoms with van der Waals surface area (Å²) in [5, 5.41) is 0. The molecule has 1 nitrogen and oxygen atoms in total. The predicted octanol–water partition coefficient (Wildman–Crippen LogP) is 2.90. The van der Waals surface area contributed by atoms with E-state index >= 15 is 0 Å². The van der Waals surface area contributed by atoms with Crippen LogP contribution in [-0.2, 0) is 4.79 Å². The summed E-state index contributed by atoms with van der Waals surface area (Å²) in [6, 6.07) is 0. The number of carbonyl (C=O) groups excluding carboxylic acids is 1. The molecule has 2 rings (SSSR count). The summed E-state index contributed by atoms with van der Waals surface area (Å²) in [6.45, 7) is 4.25. The number of alkyl halides is 2. The highest BCUT2D eigenvalue weighted by Gasteiger charge is 2.66. The first-order valence-electron chi connectivity index (χ1n) is 4.28. The molecule has 4 atom stereocenters. The van der Waals surface area contributed by atoms with Crippen LogP contribution in [0.3, 0.4) is 0 Å². The summed E-state index contributed by atoms with van der Waals surface area (Å²) in [5.74, 6) is 0.869. The molecule has 0 amide bonds. The van der Waals surface area contributed by atoms with Crippen LogP contribution in [0.25, 0.3) is 0 Å². The maximum Gasteiger partial charge on any atom is 0.154 e. The van der Waals surface area contributed by atoms with Gasteiger partial charge in [-0.25, -0.2) is 0 Å². The molecule has 2 fully saturated rings. The third kappa shape index (κ3) is 0.777. The molecule has 0 aliphatic heterocycles. The fourth-order valence-electron chi connectivity index (χ4n) is 2.64. The molecule has 0 saturated heterocycles. The van der Waals surface area contributed by atoms with Crippen molar-refractivity contribution in [3.8, 4) is 0 Å². The van der Waals surface area contributed by atoms with Crippen LogP contribution in [0.5, 0.6) is 0 Å². The van der Waals surface area contributed by atoms with Crippen LogP contribution in [0.15, 0.2) is 0 Å². The Labute approximate surface area is 89.5 Å². The maximum atomic E-state index is 11.8. The fraction of sp³-hybridized carbons (Fsp3) is 0.889. The minimum Gasteiger partial charge on any atom is -0.298 e. The Morgan fingerprint density at radius 3 is 2.33 bits per heavy atom. The molecule has 0 N–H and O–H groups in total. The van der Waals surface area contributed by atoms with Gasteiger partial charge in [-0.1, -0.05) is 38.8 Å². The summed E-state index contributed by atoms with van der Waals surface area (Å²) in [6.07, 6.45) is 2.21. The lowest BCUT2D eigenvalue weighted by Crippen LogP contribution is -2.35. The van der Waals surface area contributed by atoms with E-state index in [1.807, 2.05) is 0 Å². The molecule has 0 heterocycles. The normalized spacial score (nSPS) is 58.2. The molecule has 2 saturated carbocycles. The van der Waals surface area contributed by atoms with Gasteiger partial charge >= 0.3 is 0 Å². The Morgan fingerprint density at radius 2 is 2.08 bits per heavy atom. The second-order valence-electron chi connectivity index (χ2n) is 4.32. The van der Waals surface area contributed by atoms with E-state index in [0.717, 1.165) is 6.42 Å². The minimum atomic E-state index is -0.133. The highest BCUT2D eigenvalue weighted by atomic mass is 79.9. The summed E-state index contributed by atoms with van der Waals surface area (Å²) < 4.78 is 0.0191. The number of hydrogen-bond acceptors (Lipinski definition) is 1. The first-order valence-corrected chi connectivity index (χ1v) is 5.99. The topological polar surface area (TPSA) is 17.1 Å². The van der Waals surface area contributed by atoms with Crippen LogP contribution >= 0.6 is 31.9 Å². The molecule has 2 aliphatic rings. The van der Waals surface area contributed by atoms with Gasteiger partial charge in [-0.15, -0.1) is 0 Å². The highest BCUT2D eigenvalue weighted by Crippen LogP contribution is 2.64. The van der Waals surface area contributed by atoms with E-state index in [9.17, 15) is 4.79 Å². The number of rotatable bonds is 0. The zero-order valence-corrected chi connectivity index (χ0v) is 10.4. The molecule has 0 unspecified atom stereocenters. The van der Waals surface area contributed by atoms with Crippen molar-refractivity contribution < 1.29 is 4.79 Å². The molecule has 0 radical (unpaired) electrons. The highest BCUT2D eigenvalue weighted by molar-refractivity contribution is 9.10. The molecule has 0 aromatic carbocycles. The molecule has 0 aromatic heterocycles. The molecule has 68 valence electrons. The minimum absolute atomic E-state index is 0.0191. The van der Waals surface area contributed by atoms with Crippen molar-refractivity contribution in [2.75, 3.05) is 0 Å². The number of ketones is 1. The Kier molecular flexibility index (Phi) is 1.80. The summed E-state index contributed by atoms with van der Waals surface area (Å²) in [4.78, 5) is 11.9. The second-order valence-corrected chi connectivity index (χ2v) is 6.95. The quantitative estimate of drug-likeness (QED) is 0.628. The molecule has 0 spiro atoms. The van der Waals surface area contributed by atoms with Crippen molar-refractivity contribution in [1.29, 1.82) is 0 Å². The van der Waals surface area contributed by atoms with E-state index in [1.165, 1.54) is 6.42 Å². The first-order chi connectivity index (χ1) is 5.41. The molecular formula is C9H12Br2O. The van der Waals surface area contributed by atoms with E-state index in [4.69, 9.17) is 0 Å². The van der Waals surface area contributed by atoms with Crippen molar-refractivity contribution in [1.82, 2.24) is 0 Å². The van der Waals surface area contributed by atoms with Crippen molar-refractivity contribution >= 4 is 37.6 Å². The Bertz CT molecular complexity index is 249. The number of Topliss-reactive ketones (excluding diaryl/α,β-unsaturated/α-hetero) is 1. The fourth-order valence-corrected chi connectivity index (χ4v) is 5.18. The molecule has 12 heavy (non-hydrogen) atoms. The van der Waals surface area contributed by atoms with E-state index in [-0.39, 0.29) is 14.6 Å². The van der Waals surface area contributed by atoms with Gasteiger partial charge in [-0.05, 0) is 25.7 Å². The predicted molar refractivity (Wildman–Crippen MR) is 55.9 cm³/mol. The number of hydrogen-bond donors (Lipinski definition) is 0. The zero-order chi connectivity index (χ0) is 9.15. The Balaban J connectivity index is 2.50. The molecule has 2 bridgehead atoms. The van der Waals surface area contributed by atoms with Gasteiger partial charge in [0, 0.05) is 9.74 Å². The summed E-state index contributed by atoms with van der Waals surface area (Å²) in [7, 11) is 0. The summed E-state index contributed by atoms with van der Waals surface area (Å²) >= 11 is 7.21. The van der Waals surface area contributed by atoms with Crippen LogP contribution in [0.2, 0.25) is 0 Å². The van der Waals surface area contributed by atoms with Crippen LogP contribution < -0.4 is 0 Å². The average Bonchev–Trinajstić information content (AvgIpc) is 2.26. The second kappa shape index (κ2) is 2.35. The van der Waals surface area contributed by atoms with Crippen molar-refractivity contribution in [3.63, 3.8) is 0 Å². The smallest absolute Gasteiger partial charge is 0.154 e. The average molecular weight is 296 g/mol. The van der Waals surface area contributed by atoms with Gasteiger partial charge in [-0.3, -0.25) is 4.79 Å². The molecular weight excluding hydrogens is 284 g/mol. The Morgan fingerprint density at radius 1 is 1.50 bits per heavy atom. The van der Waals surface area contributed by atoms with Crippen LogP contribution in [0.1, 0.15) is 26.7 Å². The van der Waals surface area contributed by atoms with E-state index in [2.05, 4.69) is 45.7 Å². The SMILES string of the molecule is C[C@]12CC[C@H]([C@@H](Br)C1=O)[C@]2(C)Br. The first kappa shape index (κ1) is 9.20. The number of carbonyl (C=O) groups is 1. The lowest BCUT2D eigenvalue weighted by atomic mass is 9.81. The third-order valence-electron chi connectivity index (χ3n) is 3.88. The summed E-state index contributed by atoms with van der Waals surface area (Å²) in [5.41, 5.74) is -0.133. The van der Waals surface area contributed by atoms with E-state index < -0.39 is 0 Å². The Hall–Kier alpha value is 0.630. The zero-order valence-electron chi connectivity index (χ0n) is 7.23. The third-order valence-corrected chi connectivity index (χ3v) is 6.40. The van der Waals surface area contributed by atoms with Gasteiger partial charge in [0.15, 0.2) is 5.78 Å². The molecule has 0 aromatic rings. The van der Waals surface area contributed by atoms with E-state index in [0.29, 0.717) is 11.7 Å². The lowest BCUT2D eigenvalue weighted by molar-refractivity contribution is -0.125. The molecule has 3 heteroatoms. The van der Waals surface area contributed by atoms with Crippen LogP contribution in [-0.4, -0.2) is 14.9 Å². The largest absolute Gasteiger partial charge is 0.298 e. The standard InChI is InChI=1S/C9H12Br2O/c1-8-4-3-5(9(8,2)11)6(10)7(8)12/h5-6H,3-4H2,1-2H3/t5-,6-,8+,9+/m1/s1. The van der Waals surface area contributed by atoms with Crippen LogP contribution in [0.4, 0.5) is 0 Å². The van der Waals surface area contributed by atoms with Gasteiger partial charge in [0.25, 0.3) is 0 Å². The number of halogens is 2. The van der Waals surface area contributed by atoms with E-state index in [1.54, 1.807) is 0 Å². The van der Waals surface area contributed by atoms with Crippen molar-refractivity contribution in [3.05, 3.63) is 0 Å². The van der Waals surface area contributed by atoms with Gasteiger partial charge in [-0.2, -0.15) is 0 Å². The monoisotopic (exact) mass is 294 g/mol. The van der Waals surface area contributed by atoms with Gasteiger partial charge < -0.3 is 0 Å². The van der Waals surface area contributed by atoms with Gasteiger partial charge in [0.05, 0.1) is 4.83 Å². The molecule has 2 aliphatic carbocycles. The van der Waals surface area contributed by atoms with Crippen LogP contribution in [0, 0.1) is 11.3 Å². The van der Waals surface area contributed by atoms with Crippen molar-refractivity contribution in [2.24, 2.45) is 11.3 Å². The van der Waals surface area contributed by atoms with Crippen molar-refractivity contribution in [2.45, 2.75) is 35.8 Å². The van der Waals surface area contributed by atoms with Gasteiger partial charge in [0.1, 0.15) is 0 Å². The number of fused-ring (bicyclic) bond motifs is 2. The lowest BCUT2D eigenvalue weighted by Gasteiger charge is -2.30. The maximum absolute atomic E-state index is 11.8. The van der Waals surface area contributed by atoms with Gasteiger partial charge in [0.2, 0.25) is 0 Å².